The molecule has 4 unspecified atom stereocenters. The lowest BCUT2D eigenvalue weighted by Crippen LogP contribution is -2.39. The average molecular weight is 283 g/mol. The van der Waals surface area contributed by atoms with Gasteiger partial charge in [-0.2, -0.15) is 0 Å². The topological polar surface area (TPSA) is 41.5 Å². The first kappa shape index (κ1) is 15.0. The summed E-state index contributed by atoms with van der Waals surface area (Å²) in [6, 6.07) is 4.63. The molecular weight excluding hydrogens is 258 g/mol. The molecule has 3 nitrogen and oxygen atoms in total. The normalized spacial score (nSPS) is 28.7. The van der Waals surface area contributed by atoms with Crippen LogP contribution in [0.2, 0.25) is 0 Å². The lowest BCUT2D eigenvalue weighted by Gasteiger charge is -2.21. The van der Waals surface area contributed by atoms with Crippen LogP contribution in [0, 0.1) is 11.8 Å². The van der Waals surface area contributed by atoms with Gasteiger partial charge in [-0.1, -0.05) is 19.9 Å². The molecule has 0 aliphatic heterocycles. The van der Waals surface area contributed by atoms with E-state index in [1.54, 1.807) is 11.3 Å². The van der Waals surface area contributed by atoms with E-state index in [0.29, 0.717) is 31.7 Å². The van der Waals surface area contributed by atoms with Crippen LogP contribution in [0.15, 0.2) is 17.5 Å². The number of aliphatic hydroxyl groups excluding tert-OH is 1. The van der Waals surface area contributed by atoms with E-state index in [4.69, 9.17) is 4.74 Å². The van der Waals surface area contributed by atoms with Gasteiger partial charge in [0.2, 0.25) is 0 Å². The minimum atomic E-state index is -0.414. The van der Waals surface area contributed by atoms with Gasteiger partial charge in [-0.15, -0.1) is 11.3 Å². The molecule has 1 aromatic heterocycles. The third-order valence-corrected chi connectivity index (χ3v) is 5.07. The maximum atomic E-state index is 9.91. The van der Waals surface area contributed by atoms with Gasteiger partial charge in [0.15, 0.2) is 0 Å². The molecule has 1 aliphatic rings. The Morgan fingerprint density at radius 2 is 2.32 bits per heavy atom. The van der Waals surface area contributed by atoms with Crippen LogP contribution in [0.5, 0.6) is 0 Å². The Bertz CT molecular complexity index is 355. The van der Waals surface area contributed by atoms with Gasteiger partial charge >= 0.3 is 0 Å². The van der Waals surface area contributed by atoms with Crippen molar-refractivity contribution in [3.8, 4) is 0 Å². The first-order valence-corrected chi connectivity index (χ1v) is 8.06. The SMILES string of the molecule is CC1CCC(NCC(O)COCc2cccs2)C1C. The van der Waals surface area contributed by atoms with Gasteiger partial charge in [0, 0.05) is 17.5 Å². The van der Waals surface area contributed by atoms with Gasteiger partial charge in [0.1, 0.15) is 0 Å². The van der Waals surface area contributed by atoms with E-state index < -0.39 is 6.10 Å². The largest absolute Gasteiger partial charge is 0.389 e. The van der Waals surface area contributed by atoms with Crippen LogP contribution >= 0.6 is 11.3 Å². The van der Waals surface area contributed by atoms with Gasteiger partial charge in [-0.05, 0) is 36.1 Å². The fourth-order valence-electron chi connectivity index (χ4n) is 2.69. The van der Waals surface area contributed by atoms with Crippen LogP contribution in [0.1, 0.15) is 31.6 Å². The summed E-state index contributed by atoms with van der Waals surface area (Å²) in [5.74, 6) is 1.50. The van der Waals surface area contributed by atoms with Crippen LogP contribution in [0.3, 0.4) is 0 Å². The minimum Gasteiger partial charge on any atom is -0.389 e. The highest BCUT2D eigenvalue weighted by Gasteiger charge is 2.29. The zero-order chi connectivity index (χ0) is 13.7. The Morgan fingerprint density at radius 3 is 2.95 bits per heavy atom. The zero-order valence-electron chi connectivity index (χ0n) is 11.8. The zero-order valence-corrected chi connectivity index (χ0v) is 12.7. The number of hydrogen-bond donors (Lipinski definition) is 2. The summed E-state index contributed by atoms with van der Waals surface area (Å²) in [4.78, 5) is 1.21. The van der Waals surface area contributed by atoms with Crippen LogP contribution in [0.4, 0.5) is 0 Å². The minimum absolute atomic E-state index is 0.404. The molecule has 0 saturated heterocycles. The molecular formula is C15H25NO2S. The van der Waals surface area contributed by atoms with E-state index in [1.807, 2.05) is 11.4 Å². The van der Waals surface area contributed by atoms with Gasteiger partial charge in [0.05, 0.1) is 19.3 Å². The Hall–Kier alpha value is -0.420. The number of hydrogen-bond acceptors (Lipinski definition) is 4. The Balaban J connectivity index is 1.58. The highest BCUT2D eigenvalue weighted by Crippen LogP contribution is 2.30. The standard InChI is InChI=1S/C15H25NO2S/c1-11-5-6-15(12(11)2)16-8-13(17)9-18-10-14-4-3-7-19-14/h3-4,7,11-13,15-17H,5-6,8-10H2,1-2H3. The quantitative estimate of drug-likeness (QED) is 0.808. The fraction of sp³-hybridized carbons (Fsp3) is 0.733. The molecule has 1 aromatic rings. The summed E-state index contributed by atoms with van der Waals surface area (Å²) in [5, 5.41) is 15.4. The maximum absolute atomic E-state index is 9.91. The lowest BCUT2D eigenvalue weighted by atomic mass is 9.98. The van der Waals surface area contributed by atoms with Crippen molar-refractivity contribution < 1.29 is 9.84 Å². The third kappa shape index (κ3) is 4.56. The number of rotatable bonds is 7. The molecule has 108 valence electrons. The Morgan fingerprint density at radius 1 is 1.47 bits per heavy atom. The highest BCUT2D eigenvalue weighted by atomic mass is 32.1. The van der Waals surface area contributed by atoms with E-state index in [1.165, 1.54) is 17.7 Å². The van der Waals surface area contributed by atoms with Crippen molar-refractivity contribution in [2.24, 2.45) is 11.8 Å². The Kier molecular flexibility index (Phi) is 5.82. The van der Waals surface area contributed by atoms with Gasteiger partial charge in [-0.3, -0.25) is 0 Å². The summed E-state index contributed by atoms with van der Waals surface area (Å²) in [6.45, 7) is 6.25. The number of ether oxygens (including phenoxy) is 1. The number of thiophene rings is 1. The number of nitrogens with one attached hydrogen (secondary N) is 1. The summed E-state index contributed by atoms with van der Waals surface area (Å²) >= 11 is 1.69. The van der Waals surface area contributed by atoms with E-state index in [0.717, 1.165) is 5.92 Å². The molecule has 19 heavy (non-hydrogen) atoms. The molecule has 0 amide bonds. The van der Waals surface area contributed by atoms with Crippen molar-refractivity contribution in [1.82, 2.24) is 5.32 Å². The van der Waals surface area contributed by atoms with Crippen LogP contribution in [-0.2, 0) is 11.3 Å². The molecule has 2 rings (SSSR count). The van der Waals surface area contributed by atoms with Crippen molar-refractivity contribution in [3.05, 3.63) is 22.4 Å². The van der Waals surface area contributed by atoms with Gasteiger partial charge in [0.25, 0.3) is 0 Å². The maximum Gasteiger partial charge on any atom is 0.0897 e. The highest BCUT2D eigenvalue weighted by molar-refractivity contribution is 7.09. The molecule has 4 atom stereocenters. The molecule has 0 radical (unpaired) electrons. The van der Waals surface area contributed by atoms with Crippen molar-refractivity contribution >= 4 is 11.3 Å². The molecule has 0 aromatic carbocycles. The second-order valence-corrected chi connectivity index (χ2v) is 6.71. The van der Waals surface area contributed by atoms with E-state index in [9.17, 15) is 5.11 Å². The van der Waals surface area contributed by atoms with Crippen molar-refractivity contribution in [2.45, 2.75) is 45.4 Å². The third-order valence-electron chi connectivity index (χ3n) is 4.22. The predicted molar refractivity (Wildman–Crippen MR) is 79.3 cm³/mol. The molecule has 0 bridgehead atoms. The smallest absolute Gasteiger partial charge is 0.0897 e. The van der Waals surface area contributed by atoms with Crippen molar-refractivity contribution in [2.75, 3.05) is 13.2 Å². The average Bonchev–Trinajstić information content (AvgIpc) is 3.00. The van der Waals surface area contributed by atoms with E-state index >= 15 is 0 Å². The van der Waals surface area contributed by atoms with Crippen LogP contribution in [-0.4, -0.2) is 30.4 Å². The molecule has 0 spiro atoms. The van der Waals surface area contributed by atoms with E-state index in [2.05, 4.69) is 25.2 Å². The summed E-state index contributed by atoms with van der Waals surface area (Å²) < 4.78 is 5.52. The molecule has 1 aliphatic carbocycles. The summed E-state index contributed by atoms with van der Waals surface area (Å²) in [7, 11) is 0. The summed E-state index contributed by atoms with van der Waals surface area (Å²) in [6.07, 6.45) is 2.11. The van der Waals surface area contributed by atoms with Crippen LogP contribution in [0.25, 0.3) is 0 Å². The fourth-order valence-corrected chi connectivity index (χ4v) is 3.33. The number of aliphatic hydroxyl groups is 1. The van der Waals surface area contributed by atoms with E-state index in [-0.39, 0.29) is 0 Å². The molecule has 4 heteroatoms. The molecule has 2 N–H and O–H groups in total. The van der Waals surface area contributed by atoms with Crippen molar-refractivity contribution in [1.29, 1.82) is 0 Å². The molecule has 1 heterocycles. The van der Waals surface area contributed by atoms with Crippen molar-refractivity contribution in [3.63, 3.8) is 0 Å². The second-order valence-electron chi connectivity index (χ2n) is 5.68. The second kappa shape index (κ2) is 7.39. The Labute approximate surface area is 120 Å². The first-order valence-electron chi connectivity index (χ1n) is 7.18. The lowest BCUT2D eigenvalue weighted by molar-refractivity contribution is 0.0279. The van der Waals surface area contributed by atoms with Gasteiger partial charge in [-0.25, -0.2) is 0 Å². The monoisotopic (exact) mass is 283 g/mol. The predicted octanol–water partition coefficient (Wildman–Crippen LogP) is 2.65. The molecule has 1 fully saturated rings. The first-order chi connectivity index (χ1) is 9.16. The van der Waals surface area contributed by atoms with Gasteiger partial charge < -0.3 is 15.2 Å². The summed E-state index contributed by atoms with van der Waals surface area (Å²) in [5.41, 5.74) is 0. The molecule has 1 saturated carbocycles. The van der Waals surface area contributed by atoms with Crippen LogP contribution < -0.4 is 5.32 Å².